The third-order valence-corrected chi connectivity index (χ3v) is 4.66. The molecular weight excluding hydrogens is 264 g/mol. The fourth-order valence-electron chi connectivity index (χ4n) is 3.04. The molecule has 0 aromatic heterocycles. The largest absolute Gasteiger partial charge is 0.368 e. The molecule has 1 saturated heterocycles. The first-order valence-corrected chi connectivity index (χ1v) is 8.41. The lowest BCUT2D eigenvalue weighted by molar-refractivity contribution is -0.124. The monoisotopic (exact) mass is 296 g/mol. The van der Waals surface area contributed by atoms with E-state index >= 15 is 0 Å². The number of rotatable bonds is 8. The molecule has 122 valence electrons. The number of piperazine rings is 1. The standard InChI is InChI=1S/C16H32N4O/c1-13(2)12-20-10-8-19(9-11-20)7-6-16(3,15(17)21)18-14-4-5-14/h13-14,18H,4-12H2,1-3H3,(H2,17,21). The maximum Gasteiger partial charge on any atom is 0.237 e. The summed E-state index contributed by atoms with van der Waals surface area (Å²) in [5.41, 5.74) is 5.07. The van der Waals surface area contributed by atoms with Crippen molar-refractivity contribution >= 4 is 5.91 Å². The fourth-order valence-corrected chi connectivity index (χ4v) is 3.04. The second-order valence-corrected chi connectivity index (χ2v) is 7.40. The number of nitrogens with zero attached hydrogens (tertiary/aromatic N) is 2. The van der Waals surface area contributed by atoms with Gasteiger partial charge in [-0.15, -0.1) is 0 Å². The molecule has 0 spiro atoms. The van der Waals surface area contributed by atoms with Crippen LogP contribution in [0.25, 0.3) is 0 Å². The van der Waals surface area contributed by atoms with Crippen LogP contribution in [0.3, 0.4) is 0 Å². The van der Waals surface area contributed by atoms with E-state index in [2.05, 4.69) is 29.0 Å². The predicted octanol–water partition coefficient (Wildman–Crippen LogP) is 0.646. The molecule has 5 nitrogen and oxygen atoms in total. The quantitative estimate of drug-likeness (QED) is 0.690. The second-order valence-electron chi connectivity index (χ2n) is 7.40. The van der Waals surface area contributed by atoms with Gasteiger partial charge in [-0.2, -0.15) is 0 Å². The average Bonchev–Trinajstić information content (AvgIpc) is 3.21. The van der Waals surface area contributed by atoms with Gasteiger partial charge < -0.3 is 20.9 Å². The summed E-state index contributed by atoms with van der Waals surface area (Å²) in [5, 5.41) is 3.43. The van der Waals surface area contributed by atoms with Crippen molar-refractivity contribution in [3.05, 3.63) is 0 Å². The van der Waals surface area contributed by atoms with Crippen molar-refractivity contribution in [1.29, 1.82) is 0 Å². The van der Waals surface area contributed by atoms with E-state index in [1.807, 2.05) is 6.92 Å². The van der Waals surface area contributed by atoms with E-state index in [9.17, 15) is 4.79 Å². The summed E-state index contributed by atoms with van der Waals surface area (Å²) in [5.74, 6) is 0.519. The van der Waals surface area contributed by atoms with E-state index in [0.717, 1.165) is 45.1 Å². The first kappa shape index (κ1) is 16.7. The van der Waals surface area contributed by atoms with Gasteiger partial charge in [0.2, 0.25) is 5.91 Å². The lowest BCUT2D eigenvalue weighted by atomic mass is 9.96. The number of amides is 1. The smallest absolute Gasteiger partial charge is 0.237 e. The molecule has 0 bridgehead atoms. The highest BCUT2D eigenvalue weighted by molar-refractivity contribution is 5.84. The van der Waals surface area contributed by atoms with Crippen molar-refractivity contribution in [1.82, 2.24) is 15.1 Å². The minimum absolute atomic E-state index is 0.215. The lowest BCUT2D eigenvalue weighted by Gasteiger charge is -2.37. The molecule has 1 aliphatic heterocycles. The Morgan fingerprint density at radius 3 is 2.29 bits per heavy atom. The van der Waals surface area contributed by atoms with E-state index in [1.165, 1.54) is 19.4 Å². The van der Waals surface area contributed by atoms with Crippen LogP contribution in [0.15, 0.2) is 0 Å². The Balaban J connectivity index is 1.73. The van der Waals surface area contributed by atoms with Crippen LogP contribution in [0.4, 0.5) is 0 Å². The van der Waals surface area contributed by atoms with Crippen molar-refractivity contribution in [2.45, 2.75) is 51.6 Å². The molecule has 1 heterocycles. The molecule has 2 aliphatic rings. The number of hydrogen-bond acceptors (Lipinski definition) is 4. The molecule has 0 aromatic rings. The first-order chi connectivity index (χ1) is 9.89. The first-order valence-electron chi connectivity index (χ1n) is 8.41. The van der Waals surface area contributed by atoms with Crippen LogP contribution in [0.1, 0.15) is 40.0 Å². The van der Waals surface area contributed by atoms with Gasteiger partial charge in [0.15, 0.2) is 0 Å². The summed E-state index contributed by atoms with van der Waals surface area (Å²) in [6.07, 6.45) is 3.16. The van der Waals surface area contributed by atoms with Crippen LogP contribution in [-0.4, -0.2) is 66.6 Å². The van der Waals surface area contributed by atoms with Gasteiger partial charge in [0.05, 0.1) is 5.54 Å². The summed E-state index contributed by atoms with van der Waals surface area (Å²) in [6.45, 7) is 13.1. The summed E-state index contributed by atoms with van der Waals surface area (Å²) >= 11 is 0. The van der Waals surface area contributed by atoms with E-state index in [0.29, 0.717) is 6.04 Å². The van der Waals surface area contributed by atoms with Gasteiger partial charge in [-0.05, 0) is 32.1 Å². The molecule has 1 atom stereocenters. The number of carbonyl (C=O) groups is 1. The maximum atomic E-state index is 11.8. The summed E-state index contributed by atoms with van der Waals surface area (Å²) in [4.78, 5) is 16.8. The summed E-state index contributed by atoms with van der Waals surface area (Å²) < 4.78 is 0. The van der Waals surface area contributed by atoms with E-state index in [-0.39, 0.29) is 5.91 Å². The molecular formula is C16H32N4O. The zero-order valence-electron chi connectivity index (χ0n) is 13.9. The fraction of sp³-hybridized carbons (Fsp3) is 0.938. The third kappa shape index (κ3) is 5.24. The molecule has 2 fully saturated rings. The van der Waals surface area contributed by atoms with Gasteiger partial charge in [0.25, 0.3) is 0 Å². The molecule has 3 N–H and O–H groups in total. The van der Waals surface area contributed by atoms with Crippen LogP contribution in [0.5, 0.6) is 0 Å². The zero-order chi connectivity index (χ0) is 15.5. The predicted molar refractivity (Wildman–Crippen MR) is 86.1 cm³/mol. The third-order valence-electron chi connectivity index (χ3n) is 4.66. The van der Waals surface area contributed by atoms with Crippen LogP contribution in [0, 0.1) is 5.92 Å². The van der Waals surface area contributed by atoms with Crippen molar-refractivity contribution in [3.63, 3.8) is 0 Å². The SMILES string of the molecule is CC(C)CN1CCN(CCC(C)(NC2CC2)C(N)=O)CC1. The van der Waals surface area contributed by atoms with Gasteiger partial charge >= 0.3 is 0 Å². The number of primary amides is 1. The Bertz CT molecular complexity index is 348. The summed E-state index contributed by atoms with van der Waals surface area (Å²) in [7, 11) is 0. The zero-order valence-corrected chi connectivity index (χ0v) is 13.9. The van der Waals surface area contributed by atoms with Crippen molar-refractivity contribution in [3.8, 4) is 0 Å². The molecule has 1 unspecified atom stereocenters. The summed E-state index contributed by atoms with van der Waals surface area (Å²) in [6, 6.07) is 0.505. The Morgan fingerprint density at radius 2 is 1.81 bits per heavy atom. The van der Waals surface area contributed by atoms with Gasteiger partial charge in [-0.25, -0.2) is 0 Å². The van der Waals surface area contributed by atoms with Crippen molar-refractivity contribution < 1.29 is 4.79 Å². The number of carbonyl (C=O) groups excluding carboxylic acids is 1. The molecule has 5 heteroatoms. The van der Waals surface area contributed by atoms with E-state index < -0.39 is 5.54 Å². The molecule has 1 amide bonds. The van der Waals surface area contributed by atoms with E-state index in [1.54, 1.807) is 0 Å². The molecule has 2 rings (SSSR count). The second kappa shape index (κ2) is 7.07. The van der Waals surface area contributed by atoms with Gasteiger partial charge in [-0.1, -0.05) is 13.8 Å². The average molecular weight is 296 g/mol. The van der Waals surface area contributed by atoms with Gasteiger partial charge in [0.1, 0.15) is 0 Å². The lowest BCUT2D eigenvalue weighted by Crippen LogP contribution is -2.56. The topological polar surface area (TPSA) is 61.6 Å². The molecule has 0 aromatic carbocycles. The number of hydrogen-bond donors (Lipinski definition) is 2. The number of nitrogens with one attached hydrogen (secondary N) is 1. The molecule has 1 saturated carbocycles. The minimum atomic E-state index is -0.545. The normalized spacial score (nSPS) is 24.2. The Morgan fingerprint density at radius 1 is 1.24 bits per heavy atom. The van der Waals surface area contributed by atoms with Gasteiger partial charge in [-0.3, -0.25) is 4.79 Å². The Labute approximate surface area is 129 Å². The highest BCUT2D eigenvalue weighted by Gasteiger charge is 2.37. The van der Waals surface area contributed by atoms with Crippen molar-refractivity contribution in [2.24, 2.45) is 11.7 Å². The molecule has 1 aliphatic carbocycles. The molecule has 21 heavy (non-hydrogen) atoms. The Kier molecular flexibility index (Phi) is 5.63. The highest BCUT2D eigenvalue weighted by Crippen LogP contribution is 2.24. The van der Waals surface area contributed by atoms with Crippen molar-refractivity contribution in [2.75, 3.05) is 39.3 Å². The van der Waals surface area contributed by atoms with E-state index in [4.69, 9.17) is 5.73 Å². The minimum Gasteiger partial charge on any atom is -0.368 e. The maximum absolute atomic E-state index is 11.8. The van der Waals surface area contributed by atoms with Gasteiger partial charge in [0, 0.05) is 45.3 Å². The highest BCUT2D eigenvalue weighted by atomic mass is 16.1. The molecule has 0 radical (unpaired) electrons. The number of nitrogens with two attached hydrogens (primary N) is 1. The van der Waals surface area contributed by atoms with Crippen LogP contribution in [-0.2, 0) is 4.79 Å². The van der Waals surface area contributed by atoms with Crippen LogP contribution >= 0.6 is 0 Å². The Hall–Kier alpha value is -0.650. The van der Waals surface area contributed by atoms with Crippen LogP contribution < -0.4 is 11.1 Å². The van der Waals surface area contributed by atoms with Crippen LogP contribution in [0.2, 0.25) is 0 Å².